The molecule has 1 aromatic carbocycles. The molecule has 0 bridgehead atoms. The minimum absolute atomic E-state index is 0.526. The van der Waals surface area contributed by atoms with E-state index in [0.29, 0.717) is 13.0 Å². The number of thioether (sulfide) groups is 1. The van der Waals surface area contributed by atoms with Gasteiger partial charge in [-0.1, -0.05) is 12.1 Å². The van der Waals surface area contributed by atoms with Crippen molar-refractivity contribution in [2.75, 3.05) is 36.5 Å². The van der Waals surface area contributed by atoms with Crippen LogP contribution in [0.2, 0.25) is 0 Å². The summed E-state index contributed by atoms with van der Waals surface area (Å²) in [6, 6.07) is 10.5. The zero-order chi connectivity index (χ0) is 15.1. The Bertz CT molecular complexity index is 477. The monoisotopic (exact) mass is 305 g/mol. The summed E-state index contributed by atoms with van der Waals surface area (Å²) in [6.07, 6.45) is 1.42. The molecule has 1 heterocycles. The number of anilines is 1. The second-order valence-electron chi connectivity index (χ2n) is 5.63. The Hall–Kier alpha value is -1.22. The van der Waals surface area contributed by atoms with Gasteiger partial charge in [0.05, 0.1) is 18.1 Å². The number of nitrogens with zero attached hydrogens (tertiary/aromatic N) is 2. The fourth-order valence-electron chi connectivity index (χ4n) is 2.39. The van der Waals surface area contributed by atoms with Crippen LogP contribution in [0.1, 0.15) is 18.4 Å². The lowest BCUT2D eigenvalue weighted by atomic mass is 10.0. The Morgan fingerprint density at radius 1 is 1.43 bits per heavy atom. The lowest BCUT2D eigenvalue weighted by Crippen LogP contribution is -2.40. The molecule has 1 aromatic rings. The van der Waals surface area contributed by atoms with Gasteiger partial charge in [0.2, 0.25) is 0 Å². The van der Waals surface area contributed by atoms with Crippen molar-refractivity contribution >= 4 is 17.4 Å². The van der Waals surface area contributed by atoms with Crippen LogP contribution >= 0.6 is 11.8 Å². The number of hydrogen-bond donors (Lipinski definition) is 2. The molecule has 1 aliphatic heterocycles. The minimum Gasteiger partial charge on any atom is -0.388 e. The molecule has 1 unspecified atom stereocenters. The van der Waals surface area contributed by atoms with E-state index in [0.717, 1.165) is 36.7 Å². The molecular formula is C16H23N3OS. The van der Waals surface area contributed by atoms with Crippen molar-refractivity contribution in [1.29, 1.82) is 5.26 Å². The van der Waals surface area contributed by atoms with Crippen molar-refractivity contribution < 1.29 is 5.11 Å². The molecule has 0 aromatic heterocycles. The van der Waals surface area contributed by atoms with Crippen LogP contribution in [0.4, 0.5) is 5.69 Å². The molecule has 21 heavy (non-hydrogen) atoms. The quantitative estimate of drug-likeness (QED) is 0.807. The summed E-state index contributed by atoms with van der Waals surface area (Å²) in [7, 11) is 2.00. The van der Waals surface area contributed by atoms with Crippen molar-refractivity contribution in [1.82, 2.24) is 5.32 Å². The normalized spacial score (nSPS) is 21.2. The molecule has 1 atom stereocenters. The predicted molar refractivity (Wildman–Crippen MR) is 88.5 cm³/mol. The predicted octanol–water partition coefficient (Wildman–Crippen LogP) is 1.99. The molecule has 114 valence electrons. The minimum atomic E-state index is -0.526. The van der Waals surface area contributed by atoms with Gasteiger partial charge in [0.1, 0.15) is 0 Å². The molecule has 0 radical (unpaired) electrons. The zero-order valence-electron chi connectivity index (χ0n) is 12.5. The highest BCUT2D eigenvalue weighted by atomic mass is 32.2. The van der Waals surface area contributed by atoms with E-state index in [1.807, 2.05) is 18.8 Å². The lowest BCUT2D eigenvalue weighted by Gasteiger charge is -2.22. The van der Waals surface area contributed by atoms with Crippen LogP contribution in [-0.2, 0) is 6.54 Å². The Balaban J connectivity index is 1.78. The molecule has 4 nitrogen and oxygen atoms in total. The van der Waals surface area contributed by atoms with E-state index in [9.17, 15) is 5.11 Å². The zero-order valence-corrected chi connectivity index (χ0v) is 13.3. The third kappa shape index (κ3) is 4.92. The summed E-state index contributed by atoms with van der Waals surface area (Å²) < 4.78 is 0. The molecule has 2 N–H and O–H groups in total. The van der Waals surface area contributed by atoms with E-state index < -0.39 is 5.60 Å². The van der Waals surface area contributed by atoms with Gasteiger partial charge in [-0.25, -0.2) is 0 Å². The average molecular weight is 305 g/mol. The largest absolute Gasteiger partial charge is 0.388 e. The summed E-state index contributed by atoms with van der Waals surface area (Å²) >= 11 is 1.82. The van der Waals surface area contributed by atoms with E-state index in [1.165, 1.54) is 5.56 Å². The third-order valence-corrected chi connectivity index (χ3v) is 5.04. The molecule has 0 amide bonds. The van der Waals surface area contributed by atoms with Crippen molar-refractivity contribution in [2.24, 2.45) is 0 Å². The van der Waals surface area contributed by atoms with Crippen LogP contribution in [0.25, 0.3) is 0 Å². The number of hydrogen-bond acceptors (Lipinski definition) is 5. The van der Waals surface area contributed by atoms with Gasteiger partial charge in [0, 0.05) is 38.1 Å². The number of benzene rings is 1. The number of aliphatic hydroxyl groups is 1. The van der Waals surface area contributed by atoms with Gasteiger partial charge in [-0.3, -0.25) is 0 Å². The van der Waals surface area contributed by atoms with Crippen molar-refractivity contribution in [3.8, 4) is 6.07 Å². The van der Waals surface area contributed by atoms with Gasteiger partial charge in [0.15, 0.2) is 0 Å². The first-order valence-electron chi connectivity index (χ1n) is 7.31. The number of nitrogens with one attached hydrogen (secondary N) is 1. The van der Waals surface area contributed by atoms with E-state index in [1.54, 1.807) is 0 Å². The SMILES string of the molecule is CN(CCC#N)c1ccc(CNCC2(O)CCSC2)cc1. The molecule has 0 aliphatic carbocycles. The van der Waals surface area contributed by atoms with Crippen molar-refractivity contribution in [3.05, 3.63) is 29.8 Å². The summed E-state index contributed by atoms with van der Waals surface area (Å²) in [4.78, 5) is 2.08. The molecular weight excluding hydrogens is 282 g/mol. The van der Waals surface area contributed by atoms with Crippen molar-refractivity contribution in [3.63, 3.8) is 0 Å². The maximum Gasteiger partial charge on any atom is 0.0869 e. The molecule has 0 saturated carbocycles. The standard InChI is InChI=1S/C16H23N3OS/c1-19(9-2-8-17)15-5-3-14(4-6-15)11-18-12-16(20)7-10-21-13-16/h3-6,18,20H,2,7,9-13H2,1H3. The van der Waals surface area contributed by atoms with Crippen LogP contribution in [0.15, 0.2) is 24.3 Å². The van der Waals surface area contributed by atoms with E-state index in [4.69, 9.17) is 5.26 Å². The second-order valence-corrected chi connectivity index (χ2v) is 6.73. The molecule has 1 saturated heterocycles. The summed E-state index contributed by atoms with van der Waals surface area (Å²) in [5.41, 5.74) is 1.81. The molecule has 5 heteroatoms. The van der Waals surface area contributed by atoms with Gasteiger partial charge < -0.3 is 15.3 Å². The van der Waals surface area contributed by atoms with E-state index in [-0.39, 0.29) is 0 Å². The van der Waals surface area contributed by atoms with Gasteiger partial charge in [-0.15, -0.1) is 0 Å². The van der Waals surface area contributed by atoms with Crippen LogP contribution in [0.3, 0.4) is 0 Å². The number of nitriles is 1. The molecule has 0 spiro atoms. The first-order valence-corrected chi connectivity index (χ1v) is 8.46. The first kappa shape index (κ1) is 16.2. The Labute approximate surface area is 131 Å². The lowest BCUT2D eigenvalue weighted by molar-refractivity contribution is 0.0675. The van der Waals surface area contributed by atoms with Crippen molar-refractivity contribution in [2.45, 2.75) is 25.0 Å². The van der Waals surface area contributed by atoms with Gasteiger partial charge in [-0.05, 0) is 29.9 Å². The maximum absolute atomic E-state index is 10.3. The van der Waals surface area contributed by atoms with Crippen LogP contribution < -0.4 is 10.2 Å². The second kappa shape index (κ2) is 7.69. The molecule has 2 rings (SSSR count). The van der Waals surface area contributed by atoms with Crippen LogP contribution in [-0.4, -0.2) is 42.4 Å². The summed E-state index contributed by atoms with van der Waals surface area (Å²) in [6.45, 7) is 2.18. The third-order valence-electron chi connectivity index (χ3n) is 3.80. The van der Waals surface area contributed by atoms with E-state index in [2.05, 4.69) is 40.6 Å². The smallest absolute Gasteiger partial charge is 0.0869 e. The number of rotatable bonds is 7. The fourth-order valence-corrected chi connectivity index (χ4v) is 3.69. The first-order chi connectivity index (χ1) is 10.1. The van der Waals surface area contributed by atoms with Gasteiger partial charge in [0.25, 0.3) is 0 Å². The molecule has 1 aliphatic rings. The summed E-state index contributed by atoms with van der Waals surface area (Å²) in [5.74, 6) is 1.89. The fraction of sp³-hybridized carbons (Fsp3) is 0.562. The van der Waals surface area contributed by atoms with Gasteiger partial charge >= 0.3 is 0 Å². The maximum atomic E-state index is 10.3. The highest BCUT2D eigenvalue weighted by molar-refractivity contribution is 7.99. The summed E-state index contributed by atoms with van der Waals surface area (Å²) in [5, 5.41) is 22.2. The van der Waals surface area contributed by atoms with Crippen LogP contribution in [0.5, 0.6) is 0 Å². The van der Waals surface area contributed by atoms with Crippen LogP contribution in [0, 0.1) is 11.3 Å². The average Bonchev–Trinajstić information content (AvgIpc) is 2.92. The Kier molecular flexibility index (Phi) is 5.92. The Morgan fingerprint density at radius 2 is 2.19 bits per heavy atom. The highest BCUT2D eigenvalue weighted by Crippen LogP contribution is 2.27. The Morgan fingerprint density at radius 3 is 2.81 bits per heavy atom. The molecule has 1 fully saturated rings. The van der Waals surface area contributed by atoms with E-state index >= 15 is 0 Å². The topological polar surface area (TPSA) is 59.3 Å². The van der Waals surface area contributed by atoms with Gasteiger partial charge in [-0.2, -0.15) is 17.0 Å². The highest BCUT2D eigenvalue weighted by Gasteiger charge is 2.30.